The highest BCUT2D eigenvalue weighted by Gasteiger charge is 2.30. The zero-order chi connectivity index (χ0) is 14.0. The highest BCUT2D eigenvalue weighted by molar-refractivity contribution is 7.88. The summed E-state index contributed by atoms with van der Waals surface area (Å²) in [6, 6.07) is 2.29. The first-order valence-electron chi connectivity index (χ1n) is 6.59. The van der Waals surface area contributed by atoms with E-state index in [4.69, 9.17) is 4.42 Å². The average Bonchev–Trinajstić information content (AvgIpc) is 2.72. The number of nitrogens with zero attached hydrogens (tertiary/aromatic N) is 1. The Bertz CT molecular complexity index is 524. The molecule has 0 aliphatic carbocycles. The zero-order valence-corrected chi connectivity index (χ0v) is 12.5. The Morgan fingerprint density at radius 1 is 1.53 bits per heavy atom. The Hall–Kier alpha value is -0.850. The largest absolute Gasteiger partial charge is 0.468 e. The molecule has 2 atom stereocenters. The highest BCUT2D eigenvalue weighted by atomic mass is 32.2. The van der Waals surface area contributed by atoms with Crippen molar-refractivity contribution in [2.75, 3.05) is 19.3 Å². The summed E-state index contributed by atoms with van der Waals surface area (Å²) in [7, 11) is -3.06. The van der Waals surface area contributed by atoms with E-state index in [9.17, 15) is 8.42 Å². The smallest absolute Gasteiger partial charge is 0.211 e. The molecule has 5 nitrogen and oxygen atoms in total. The molecular formula is C13H22N2O3S. The number of nitrogens with one attached hydrogen (secondary N) is 1. The van der Waals surface area contributed by atoms with Crippen molar-refractivity contribution in [3.63, 3.8) is 0 Å². The SMILES string of the molecule is Cc1ccoc1CN[C@H]1CCN(S(C)(=O)=O)C[C@@H]1C. The number of aryl methyl sites for hydroxylation is 1. The lowest BCUT2D eigenvalue weighted by Gasteiger charge is -2.35. The normalized spacial score (nSPS) is 25.6. The maximum Gasteiger partial charge on any atom is 0.211 e. The van der Waals surface area contributed by atoms with E-state index in [-0.39, 0.29) is 0 Å². The van der Waals surface area contributed by atoms with Gasteiger partial charge in [0.05, 0.1) is 19.1 Å². The minimum absolute atomic E-state index is 0.304. The highest BCUT2D eigenvalue weighted by Crippen LogP contribution is 2.19. The minimum atomic E-state index is -3.06. The third kappa shape index (κ3) is 3.58. The van der Waals surface area contributed by atoms with Crippen LogP contribution in [0.15, 0.2) is 16.7 Å². The number of furan rings is 1. The molecule has 0 bridgehead atoms. The van der Waals surface area contributed by atoms with Crippen LogP contribution in [0.4, 0.5) is 0 Å². The summed E-state index contributed by atoms with van der Waals surface area (Å²) in [4.78, 5) is 0. The van der Waals surface area contributed by atoms with Gasteiger partial charge in [0.1, 0.15) is 5.76 Å². The molecule has 0 unspecified atom stereocenters. The summed E-state index contributed by atoms with van der Waals surface area (Å²) in [6.07, 6.45) is 3.82. The van der Waals surface area contributed by atoms with Crippen LogP contribution in [-0.2, 0) is 16.6 Å². The summed E-state index contributed by atoms with van der Waals surface area (Å²) in [5.41, 5.74) is 1.15. The molecule has 1 N–H and O–H groups in total. The fourth-order valence-corrected chi connectivity index (χ4v) is 3.46. The van der Waals surface area contributed by atoms with E-state index in [1.165, 1.54) is 6.26 Å². The van der Waals surface area contributed by atoms with Crippen LogP contribution < -0.4 is 5.32 Å². The van der Waals surface area contributed by atoms with Crippen LogP contribution in [0.1, 0.15) is 24.7 Å². The van der Waals surface area contributed by atoms with E-state index >= 15 is 0 Å². The van der Waals surface area contributed by atoms with Crippen molar-refractivity contribution in [3.8, 4) is 0 Å². The number of hydrogen-bond acceptors (Lipinski definition) is 4. The summed E-state index contributed by atoms with van der Waals surface area (Å²) in [6.45, 7) is 6.00. The topological polar surface area (TPSA) is 62.6 Å². The predicted molar refractivity (Wildman–Crippen MR) is 74.3 cm³/mol. The second kappa shape index (κ2) is 5.64. The van der Waals surface area contributed by atoms with E-state index in [1.807, 2.05) is 13.0 Å². The van der Waals surface area contributed by atoms with Gasteiger partial charge in [-0.3, -0.25) is 0 Å². The van der Waals surface area contributed by atoms with Crippen LogP contribution in [0.2, 0.25) is 0 Å². The molecule has 2 rings (SSSR count). The van der Waals surface area contributed by atoms with Gasteiger partial charge in [0.15, 0.2) is 0 Å². The lowest BCUT2D eigenvalue weighted by Crippen LogP contribution is -2.49. The number of piperidine rings is 1. The molecule has 0 aromatic carbocycles. The van der Waals surface area contributed by atoms with E-state index in [0.717, 1.165) is 17.7 Å². The van der Waals surface area contributed by atoms with Gasteiger partial charge in [0.2, 0.25) is 10.0 Å². The zero-order valence-electron chi connectivity index (χ0n) is 11.7. The van der Waals surface area contributed by atoms with Gasteiger partial charge in [-0.15, -0.1) is 0 Å². The molecule has 19 heavy (non-hydrogen) atoms. The number of rotatable bonds is 4. The molecule has 108 valence electrons. The lowest BCUT2D eigenvalue weighted by atomic mass is 9.95. The average molecular weight is 286 g/mol. The molecule has 1 aliphatic heterocycles. The Labute approximate surface area is 115 Å². The molecule has 0 amide bonds. The standard InChI is InChI=1S/C13H22N2O3S/c1-10-5-7-18-13(10)8-14-12-4-6-15(9-11(12)2)19(3,16)17/h5,7,11-12,14H,4,6,8-9H2,1-3H3/t11-,12-/m0/s1. The lowest BCUT2D eigenvalue weighted by molar-refractivity contribution is 0.217. The molecule has 1 aliphatic rings. The first-order valence-corrected chi connectivity index (χ1v) is 8.44. The maximum atomic E-state index is 11.5. The number of hydrogen-bond donors (Lipinski definition) is 1. The number of sulfonamides is 1. The molecule has 1 aromatic heterocycles. The van der Waals surface area contributed by atoms with Crippen molar-refractivity contribution < 1.29 is 12.8 Å². The summed E-state index contributed by atoms with van der Waals surface area (Å²) < 4.78 is 30.0. The fraction of sp³-hybridized carbons (Fsp3) is 0.692. The van der Waals surface area contributed by atoms with E-state index < -0.39 is 10.0 Å². The molecule has 1 aromatic rings. The van der Waals surface area contributed by atoms with Crippen molar-refractivity contribution in [2.45, 2.75) is 32.9 Å². The molecular weight excluding hydrogens is 264 g/mol. The third-order valence-electron chi connectivity index (χ3n) is 3.83. The van der Waals surface area contributed by atoms with Gasteiger partial charge in [-0.1, -0.05) is 6.92 Å². The molecule has 0 saturated carbocycles. The van der Waals surface area contributed by atoms with Crippen LogP contribution in [0.25, 0.3) is 0 Å². The third-order valence-corrected chi connectivity index (χ3v) is 5.10. The summed E-state index contributed by atoms with van der Waals surface area (Å²) in [5.74, 6) is 1.26. The summed E-state index contributed by atoms with van der Waals surface area (Å²) >= 11 is 0. The van der Waals surface area contributed by atoms with Crippen molar-refractivity contribution in [2.24, 2.45) is 5.92 Å². The Morgan fingerprint density at radius 3 is 2.79 bits per heavy atom. The van der Waals surface area contributed by atoms with Gasteiger partial charge >= 0.3 is 0 Å². The fourth-order valence-electron chi connectivity index (χ4n) is 2.52. The molecule has 0 radical (unpaired) electrons. The van der Waals surface area contributed by atoms with Crippen molar-refractivity contribution in [1.29, 1.82) is 0 Å². The molecule has 1 saturated heterocycles. The first kappa shape index (κ1) is 14.6. The second-order valence-corrected chi connectivity index (χ2v) is 7.38. The van der Waals surface area contributed by atoms with E-state index in [2.05, 4.69) is 12.2 Å². The van der Waals surface area contributed by atoms with Crippen LogP contribution in [0.5, 0.6) is 0 Å². The van der Waals surface area contributed by atoms with Crippen LogP contribution in [0.3, 0.4) is 0 Å². The van der Waals surface area contributed by atoms with Gasteiger partial charge in [-0.05, 0) is 30.9 Å². The Morgan fingerprint density at radius 2 is 2.26 bits per heavy atom. The van der Waals surface area contributed by atoms with Crippen molar-refractivity contribution >= 4 is 10.0 Å². The molecule has 2 heterocycles. The molecule has 6 heteroatoms. The quantitative estimate of drug-likeness (QED) is 0.907. The van der Waals surface area contributed by atoms with E-state index in [0.29, 0.717) is 31.6 Å². The van der Waals surface area contributed by atoms with Gasteiger partial charge in [0.25, 0.3) is 0 Å². The Balaban J connectivity index is 1.89. The van der Waals surface area contributed by atoms with Gasteiger partial charge in [-0.2, -0.15) is 0 Å². The molecule has 0 spiro atoms. The first-order chi connectivity index (χ1) is 8.88. The van der Waals surface area contributed by atoms with Gasteiger partial charge < -0.3 is 9.73 Å². The van der Waals surface area contributed by atoms with Crippen LogP contribution in [-0.4, -0.2) is 38.1 Å². The molecule has 1 fully saturated rings. The van der Waals surface area contributed by atoms with Crippen LogP contribution >= 0.6 is 0 Å². The maximum absolute atomic E-state index is 11.5. The summed E-state index contributed by atoms with van der Waals surface area (Å²) in [5, 5.41) is 3.47. The predicted octanol–water partition coefficient (Wildman–Crippen LogP) is 1.35. The van der Waals surface area contributed by atoms with Crippen molar-refractivity contribution in [1.82, 2.24) is 9.62 Å². The minimum Gasteiger partial charge on any atom is -0.468 e. The van der Waals surface area contributed by atoms with Crippen LogP contribution in [0, 0.1) is 12.8 Å². The van der Waals surface area contributed by atoms with Gasteiger partial charge in [0, 0.05) is 19.1 Å². The second-order valence-electron chi connectivity index (χ2n) is 5.40. The van der Waals surface area contributed by atoms with Gasteiger partial charge in [-0.25, -0.2) is 12.7 Å². The van der Waals surface area contributed by atoms with E-state index in [1.54, 1.807) is 10.6 Å². The monoisotopic (exact) mass is 286 g/mol. The Kier molecular flexibility index (Phi) is 4.32. The van der Waals surface area contributed by atoms with Crippen molar-refractivity contribution in [3.05, 3.63) is 23.7 Å².